The topological polar surface area (TPSA) is 26.3 Å². The molecule has 1 fully saturated rings. The second-order valence-corrected chi connectivity index (χ2v) is 6.69. The predicted molar refractivity (Wildman–Crippen MR) is 104 cm³/mol. The lowest BCUT2D eigenvalue weighted by atomic mass is 9.78. The number of carbonyl (C=O) groups is 1. The van der Waals surface area contributed by atoms with Crippen LogP contribution in [0.15, 0.2) is 48.5 Å². The monoisotopic (exact) mass is 338 g/mol. The van der Waals surface area contributed by atoms with Crippen LogP contribution in [0.25, 0.3) is 0 Å². The molecule has 2 heteroatoms. The Morgan fingerprint density at radius 3 is 1.80 bits per heavy atom. The molecule has 1 saturated carbocycles. The second kappa shape index (κ2) is 9.41. The molecule has 25 heavy (non-hydrogen) atoms. The standard InChI is InChI=1S/C21H24O2.C2H6/c1-15-3-7-17(8-4-15)18-9-11-19(12-10-18)21(22)23-20-13-5-16(2)6-14-20;1-2/h3-8,13-14,18-19H,9-12H2,1-2H3;1-2H3. The second-order valence-electron chi connectivity index (χ2n) is 6.69. The number of carbonyl (C=O) groups excluding carboxylic acids is 1. The molecule has 2 aromatic rings. The number of rotatable bonds is 3. The Hall–Kier alpha value is -2.09. The molecular formula is C23H30O2. The molecule has 1 aliphatic rings. The summed E-state index contributed by atoms with van der Waals surface area (Å²) in [5, 5.41) is 0. The van der Waals surface area contributed by atoms with E-state index in [0.29, 0.717) is 11.7 Å². The molecule has 2 nitrogen and oxygen atoms in total. The smallest absolute Gasteiger partial charge is 0.314 e. The summed E-state index contributed by atoms with van der Waals surface area (Å²) in [6.07, 6.45) is 3.97. The number of esters is 1. The average molecular weight is 338 g/mol. The van der Waals surface area contributed by atoms with Gasteiger partial charge in [0.05, 0.1) is 5.92 Å². The van der Waals surface area contributed by atoms with E-state index >= 15 is 0 Å². The highest BCUT2D eigenvalue weighted by Crippen LogP contribution is 2.36. The summed E-state index contributed by atoms with van der Waals surface area (Å²) in [6, 6.07) is 16.5. The Labute approximate surface area is 152 Å². The first-order chi connectivity index (χ1) is 12.1. The van der Waals surface area contributed by atoms with Crippen LogP contribution >= 0.6 is 0 Å². The molecule has 1 aliphatic carbocycles. The van der Waals surface area contributed by atoms with E-state index in [0.717, 1.165) is 25.7 Å². The zero-order valence-electron chi connectivity index (χ0n) is 15.9. The maximum atomic E-state index is 12.3. The van der Waals surface area contributed by atoms with Crippen LogP contribution in [-0.4, -0.2) is 5.97 Å². The van der Waals surface area contributed by atoms with Gasteiger partial charge in [0.2, 0.25) is 0 Å². The van der Waals surface area contributed by atoms with E-state index < -0.39 is 0 Å². The molecule has 134 valence electrons. The molecular weight excluding hydrogens is 308 g/mol. The van der Waals surface area contributed by atoms with Crippen LogP contribution < -0.4 is 4.74 Å². The summed E-state index contributed by atoms with van der Waals surface area (Å²) in [5.74, 6) is 1.20. The highest BCUT2D eigenvalue weighted by molar-refractivity contribution is 5.75. The van der Waals surface area contributed by atoms with Crippen molar-refractivity contribution in [3.05, 3.63) is 65.2 Å². The summed E-state index contributed by atoms with van der Waals surface area (Å²) in [6.45, 7) is 8.14. The lowest BCUT2D eigenvalue weighted by molar-refractivity contribution is -0.140. The minimum absolute atomic E-state index is 0.0398. The van der Waals surface area contributed by atoms with Gasteiger partial charge in [0, 0.05) is 0 Å². The molecule has 0 heterocycles. The van der Waals surface area contributed by atoms with E-state index in [-0.39, 0.29) is 11.9 Å². The van der Waals surface area contributed by atoms with Crippen molar-refractivity contribution in [2.24, 2.45) is 5.92 Å². The van der Waals surface area contributed by atoms with Crippen LogP contribution in [-0.2, 0) is 4.79 Å². The Morgan fingerprint density at radius 2 is 1.28 bits per heavy atom. The number of aryl methyl sites for hydroxylation is 2. The third kappa shape index (κ3) is 5.45. The zero-order valence-corrected chi connectivity index (χ0v) is 15.9. The molecule has 0 spiro atoms. The quantitative estimate of drug-likeness (QED) is 0.491. The first kappa shape index (κ1) is 19.2. The van der Waals surface area contributed by atoms with Gasteiger partial charge in [0.25, 0.3) is 0 Å². The number of hydrogen-bond acceptors (Lipinski definition) is 2. The molecule has 0 aromatic heterocycles. The van der Waals surface area contributed by atoms with Crippen LogP contribution in [0.1, 0.15) is 62.1 Å². The molecule has 0 aliphatic heterocycles. The first-order valence-electron chi connectivity index (χ1n) is 9.47. The largest absolute Gasteiger partial charge is 0.426 e. The van der Waals surface area contributed by atoms with Crippen molar-refractivity contribution >= 4 is 5.97 Å². The summed E-state index contributed by atoms with van der Waals surface area (Å²) >= 11 is 0. The number of hydrogen-bond donors (Lipinski definition) is 0. The van der Waals surface area contributed by atoms with Gasteiger partial charge < -0.3 is 4.74 Å². The average Bonchev–Trinajstić information content (AvgIpc) is 2.66. The van der Waals surface area contributed by atoms with Crippen LogP contribution in [0, 0.1) is 19.8 Å². The van der Waals surface area contributed by atoms with Gasteiger partial charge in [-0.25, -0.2) is 0 Å². The fraction of sp³-hybridized carbons (Fsp3) is 0.435. The molecule has 0 amide bonds. The lowest BCUT2D eigenvalue weighted by Crippen LogP contribution is -2.25. The van der Waals surface area contributed by atoms with E-state index in [9.17, 15) is 4.79 Å². The van der Waals surface area contributed by atoms with Gasteiger partial charge in [-0.2, -0.15) is 0 Å². The van der Waals surface area contributed by atoms with E-state index in [1.807, 2.05) is 45.0 Å². The Balaban J connectivity index is 0.00000109. The van der Waals surface area contributed by atoms with Gasteiger partial charge in [0.15, 0.2) is 0 Å². The highest BCUT2D eigenvalue weighted by Gasteiger charge is 2.28. The normalized spacial score (nSPS) is 19.5. The first-order valence-corrected chi connectivity index (χ1v) is 9.47. The van der Waals surface area contributed by atoms with E-state index in [4.69, 9.17) is 4.74 Å². The Bertz CT molecular complexity index is 647. The number of ether oxygens (including phenoxy) is 1. The molecule has 0 saturated heterocycles. The summed E-state index contributed by atoms with van der Waals surface area (Å²) < 4.78 is 5.53. The summed E-state index contributed by atoms with van der Waals surface area (Å²) in [4.78, 5) is 12.3. The van der Waals surface area contributed by atoms with Crippen LogP contribution in [0.4, 0.5) is 0 Å². The third-order valence-corrected chi connectivity index (χ3v) is 4.85. The molecule has 0 N–H and O–H groups in total. The molecule has 3 rings (SSSR count). The fourth-order valence-electron chi connectivity index (χ4n) is 3.31. The van der Waals surface area contributed by atoms with Crippen LogP contribution in [0.2, 0.25) is 0 Å². The van der Waals surface area contributed by atoms with E-state index in [1.54, 1.807) is 0 Å². The molecule has 0 bridgehead atoms. The van der Waals surface area contributed by atoms with Gasteiger partial charge in [-0.3, -0.25) is 4.79 Å². The summed E-state index contributed by atoms with van der Waals surface area (Å²) in [5.41, 5.74) is 3.87. The van der Waals surface area contributed by atoms with Gasteiger partial charge >= 0.3 is 5.97 Å². The van der Waals surface area contributed by atoms with Crippen molar-refractivity contribution in [1.29, 1.82) is 0 Å². The maximum Gasteiger partial charge on any atom is 0.314 e. The van der Waals surface area contributed by atoms with Gasteiger partial charge in [-0.05, 0) is 63.1 Å². The zero-order chi connectivity index (χ0) is 18.2. The van der Waals surface area contributed by atoms with Crippen molar-refractivity contribution in [1.82, 2.24) is 0 Å². The van der Waals surface area contributed by atoms with Crippen LogP contribution in [0.5, 0.6) is 5.75 Å². The van der Waals surface area contributed by atoms with Crippen molar-refractivity contribution in [2.75, 3.05) is 0 Å². The van der Waals surface area contributed by atoms with Crippen molar-refractivity contribution in [2.45, 2.75) is 59.3 Å². The van der Waals surface area contributed by atoms with Crippen LogP contribution in [0.3, 0.4) is 0 Å². The van der Waals surface area contributed by atoms with Gasteiger partial charge in [-0.1, -0.05) is 61.4 Å². The number of benzene rings is 2. The minimum atomic E-state index is -0.0730. The molecule has 0 unspecified atom stereocenters. The van der Waals surface area contributed by atoms with Crippen molar-refractivity contribution in [3.8, 4) is 5.75 Å². The Kier molecular flexibility index (Phi) is 7.24. The Morgan fingerprint density at radius 1 is 0.800 bits per heavy atom. The SMILES string of the molecule is CC.Cc1ccc(OC(=O)C2CCC(c3ccc(C)cc3)CC2)cc1. The highest BCUT2D eigenvalue weighted by atomic mass is 16.5. The molecule has 0 atom stereocenters. The fourth-order valence-corrected chi connectivity index (χ4v) is 3.31. The van der Waals surface area contributed by atoms with E-state index in [2.05, 4.69) is 31.2 Å². The van der Waals surface area contributed by atoms with E-state index in [1.165, 1.54) is 16.7 Å². The predicted octanol–water partition coefficient (Wildman–Crippen LogP) is 6.21. The van der Waals surface area contributed by atoms with Gasteiger partial charge in [-0.15, -0.1) is 0 Å². The maximum absolute atomic E-state index is 12.3. The molecule has 2 aromatic carbocycles. The van der Waals surface area contributed by atoms with Gasteiger partial charge in [0.1, 0.15) is 5.75 Å². The summed E-state index contributed by atoms with van der Waals surface area (Å²) in [7, 11) is 0. The minimum Gasteiger partial charge on any atom is -0.426 e. The lowest BCUT2D eigenvalue weighted by Gasteiger charge is -2.27. The molecule has 0 radical (unpaired) electrons. The van der Waals surface area contributed by atoms with Crippen molar-refractivity contribution in [3.63, 3.8) is 0 Å². The van der Waals surface area contributed by atoms with Crippen molar-refractivity contribution < 1.29 is 9.53 Å². The third-order valence-electron chi connectivity index (χ3n) is 4.85.